The number of aryl methyl sites for hydroxylation is 2. The van der Waals surface area contributed by atoms with Crippen LogP contribution in [0.5, 0.6) is 0 Å². The molecule has 0 unspecified atom stereocenters. The Morgan fingerprint density at radius 3 is 2.48 bits per heavy atom. The van der Waals surface area contributed by atoms with Crippen molar-refractivity contribution < 1.29 is 0 Å². The molecular weight excluding hydrogens is 300 g/mol. The molecule has 3 heteroatoms. The van der Waals surface area contributed by atoms with Crippen molar-refractivity contribution in [2.24, 2.45) is 0 Å². The minimum absolute atomic E-state index is 0.952. The third-order valence-corrected chi connectivity index (χ3v) is 4.82. The van der Waals surface area contributed by atoms with E-state index >= 15 is 0 Å². The molecule has 0 aliphatic carbocycles. The van der Waals surface area contributed by atoms with Crippen molar-refractivity contribution in [1.29, 1.82) is 0 Å². The van der Waals surface area contributed by atoms with Crippen molar-refractivity contribution in [3.8, 4) is 10.6 Å². The van der Waals surface area contributed by atoms with Gasteiger partial charge in [-0.25, -0.2) is 4.98 Å². The van der Waals surface area contributed by atoms with Crippen molar-refractivity contribution in [3.63, 3.8) is 0 Å². The Hall–Kier alpha value is -2.52. The van der Waals surface area contributed by atoms with Crippen LogP contribution >= 0.6 is 11.3 Å². The molecule has 0 aliphatic rings. The quantitative estimate of drug-likeness (QED) is 0.521. The summed E-state index contributed by atoms with van der Waals surface area (Å²) in [5.74, 6) is 0. The lowest BCUT2D eigenvalue weighted by atomic mass is 10.0. The van der Waals surface area contributed by atoms with E-state index in [1.54, 1.807) is 11.3 Å². The molecule has 2 aromatic carbocycles. The van der Waals surface area contributed by atoms with Crippen LogP contribution in [0.15, 0.2) is 72.2 Å². The first-order valence-corrected chi connectivity index (χ1v) is 8.60. The Balaban J connectivity index is 1.61. The normalized spacial score (nSPS) is 11.0. The van der Waals surface area contributed by atoms with Gasteiger partial charge in [-0.05, 0) is 47.5 Å². The number of nitrogens with zero attached hydrogens (tertiary/aromatic N) is 2. The summed E-state index contributed by atoms with van der Waals surface area (Å²) >= 11 is 1.69. The lowest BCUT2D eigenvalue weighted by molar-refractivity contribution is 0.961. The lowest BCUT2D eigenvalue weighted by Crippen LogP contribution is -1.93. The monoisotopic (exact) mass is 316 g/mol. The largest absolute Gasteiger partial charge is 0.252 e. The van der Waals surface area contributed by atoms with Gasteiger partial charge in [0, 0.05) is 0 Å². The summed E-state index contributed by atoms with van der Waals surface area (Å²) in [4.78, 5) is 10.5. The molecule has 2 aromatic heterocycles. The van der Waals surface area contributed by atoms with Crippen LogP contribution in [0.3, 0.4) is 0 Å². The van der Waals surface area contributed by atoms with Crippen LogP contribution in [0, 0.1) is 0 Å². The summed E-state index contributed by atoms with van der Waals surface area (Å²) in [5, 5.41) is 2.07. The summed E-state index contributed by atoms with van der Waals surface area (Å²) in [6.07, 6.45) is 3.92. The zero-order valence-corrected chi connectivity index (χ0v) is 13.5. The molecule has 0 saturated carbocycles. The van der Waals surface area contributed by atoms with Gasteiger partial charge in [-0.3, -0.25) is 4.98 Å². The molecule has 0 spiro atoms. The van der Waals surface area contributed by atoms with Gasteiger partial charge in [0.1, 0.15) is 0 Å². The lowest BCUT2D eigenvalue weighted by Gasteiger charge is -2.05. The van der Waals surface area contributed by atoms with Crippen molar-refractivity contribution in [3.05, 3.63) is 83.4 Å². The number of thiophene rings is 1. The van der Waals surface area contributed by atoms with Crippen LogP contribution in [0.4, 0.5) is 0 Å². The fraction of sp³-hybridized carbons (Fsp3) is 0.100. The second-order valence-electron chi connectivity index (χ2n) is 5.54. The number of hydrogen-bond donors (Lipinski definition) is 0. The zero-order valence-electron chi connectivity index (χ0n) is 12.6. The van der Waals surface area contributed by atoms with E-state index in [1.165, 1.54) is 11.1 Å². The van der Waals surface area contributed by atoms with E-state index in [-0.39, 0.29) is 0 Å². The number of benzene rings is 2. The molecule has 0 radical (unpaired) electrons. The summed E-state index contributed by atoms with van der Waals surface area (Å²) in [7, 11) is 0. The van der Waals surface area contributed by atoms with E-state index in [9.17, 15) is 0 Å². The Labute approximate surface area is 139 Å². The molecule has 2 heterocycles. The summed E-state index contributed by atoms with van der Waals surface area (Å²) in [6.45, 7) is 0. The predicted octanol–water partition coefficient (Wildman–Crippen LogP) is 5.14. The highest BCUT2D eigenvalue weighted by atomic mass is 32.1. The van der Waals surface area contributed by atoms with Crippen LogP contribution in [0.2, 0.25) is 0 Å². The average Bonchev–Trinajstić information content (AvgIpc) is 3.15. The van der Waals surface area contributed by atoms with Gasteiger partial charge in [0.05, 0.1) is 27.8 Å². The van der Waals surface area contributed by atoms with Crippen molar-refractivity contribution in [2.75, 3.05) is 0 Å². The van der Waals surface area contributed by atoms with E-state index < -0.39 is 0 Å². The fourth-order valence-corrected chi connectivity index (χ4v) is 3.37. The van der Waals surface area contributed by atoms with Crippen LogP contribution in [0.25, 0.3) is 21.6 Å². The molecule has 4 aromatic rings. The van der Waals surface area contributed by atoms with Gasteiger partial charge in [0.2, 0.25) is 0 Å². The number of rotatable bonds is 4. The summed E-state index contributed by atoms with van der Waals surface area (Å²) in [6, 6.07) is 21.1. The Morgan fingerprint density at radius 2 is 1.65 bits per heavy atom. The Kier molecular flexibility index (Phi) is 3.86. The van der Waals surface area contributed by atoms with Crippen LogP contribution in [-0.4, -0.2) is 9.97 Å². The Morgan fingerprint density at radius 1 is 0.783 bits per heavy atom. The van der Waals surface area contributed by atoms with Crippen molar-refractivity contribution in [1.82, 2.24) is 9.97 Å². The maximum Gasteiger partial charge on any atom is 0.0992 e. The number of aromatic nitrogens is 2. The summed E-state index contributed by atoms with van der Waals surface area (Å²) < 4.78 is 0. The molecule has 0 aliphatic heterocycles. The third-order valence-electron chi connectivity index (χ3n) is 3.93. The van der Waals surface area contributed by atoms with Crippen molar-refractivity contribution in [2.45, 2.75) is 12.8 Å². The SMILES string of the molecule is c1ccc(CCc2ccc3ncc(-c4cccs4)nc3c2)cc1. The molecule has 0 bridgehead atoms. The second-order valence-corrected chi connectivity index (χ2v) is 6.49. The second kappa shape index (κ2) is 6.31. The molecule has 0 fully saturated rings. The highest BCUT2D eigenvalue weighted by molar-refractivity contribution is 7.13. The summed E-state index contributed by atoms with van der Waals surface area (Å²) in [5.41, 5.74) is 5.55. The standard InChI is InChI=1S/C20H16N2S/c1-2-5-15(6-3-1)8-9-16-10-11-17-18(13-16)22-19(14-21-17)20-7-4-12-23-20/h1-7,10-14H,8-9H2. The smallest absolute Gasteiger partial charge is 0.0992 e. The maximum absolute atomic E-state index is 4.78. The highest BCUT2D eigenvalue weighted by Crippen LogP contribution is 2.24. The first-order valence-electron chi connectivity index (χ1n) is 7.72. The third kappa shape index (κ3) is 3.15. The molecule has 0 atom stereocenters. The maximum atomic E-state index is 4.78. The van der Waals surface area contributed by atoms with Gasteiger partial charge in [-0.15, -0.1) is 11.3 Å². The minimum Gasteiger partial charge on any atom is -0.252 e. The van der Waals surface area contributed by atoms with E-state index in [0.29, 0.717) is 0 Å². The number of fused-ring (bicyclic) bond motifs is 1. The molecule has 2 nitrogen and oxygen atoms in total. The first kappa shape index (κ1) is 14.1. The zero-order chi connectivity index (χ0) is 15.5. The van der Waals surface area contributed by atoms with Gasteiger partial charge in [-0.1, -0.05) is 42.5 Å². The molecule has 0 N–H and O–H groups in total. The van der Waals surface area contributed by atoms with E-state index in [2.05, 4.69) is 65.0 Å². The number of hydrogen-bond acceptors (Lipinski definition) is 3. The van der Waals surface area contributed by atoms with Gasteiger partial charge >= 0.3 is 0 Å². The molecule has 0 amide bonds. The topological polar surface area (TPSA) is 25.8 Å². The predicted molar refractivity (Wildman–Crippen MR) is 96.7 cm³/mol. The molecule has 0 saturated heterocycles. The van der Waals surface area contributed by atoms with E-state index in [0.717, 1.165) is 34.4 Å². The molecule has 112 valence electrons. The fourth-order valence-electron chi connectivity index (χ4n) is 2.69. The van der Waals surface area contributed by atoms with Gasteiger partial charge in [0.25, 0.3) is 0 Å². The first-order chi connectivity index (χ1) is 11.4. The highest BCUT2D eigenvalue weighted by Gasteiger charge is 2.05. The van der Waals surface area contributed by atoms with Gasteiger partial charge in [0.15, 0.2) is 0 Å². The molecular formula is C20H16N2S. The van der Waals surface area contributed by atoms with Gasteiger partial charge < -0.3 is 0 Å². The molecule has 4 rings (SSSR count). The van der Waals surface area contributed by atoms with Crippen molar-refractivity contribution >= 4 is 22.4 Å². The minimum atomic E-state index is 0.952. The Bertz CT molecular complexity index is 915. The van der Waals surface area contributed by atoms with Crippen LogP contribution in [0.1, 0.15) is 11.1 Å². The van der Waals surface area contributed by atoms with Gasteiger partial charge in [-0.2, -0.15) is 0 Å². The van der Waals surface area contributed by atoms with E-state index in [4.69, 9.17) is 4.98 Å². The van der Waals surface area contributed by atoms with Crippen LogP contribution < -0.4 is 0 Å². The average molecular weight is 316 g/mol. The molecule has 23 heavy (non-hydrogen) atoms. The van der Waals surface area contributed by atoms with E-state index in [1.807, 2.05) is 12.3 Å². The van der Waals surface area contributed by atoms with Crippen LogP contribution in [-0.2, 0) is 12.8 Å².